The Labute approximate surface area is 176 Å². The van der Waals surface area contributed by atoms with Gasteiger partial charge < -0.3 is 14.4 Å². The van der Waals surface area contributed by atoms with Crippen molar-refractivity contribution in [2.24, 2.45) is 5.41 Å². The van der Waals surface area contributed by atoms with Gasteiger partial charge in [0.25, 0.3) is 6.47 Å². The van der Waals surface area contributed by atoms with E-state index in [0.29, 0.717) is 43.8 Å². The molecule has 3 fully saturated rings. The third-order valence-electron chi connectivity index (χ3n) is 6.23. The molecule has 1 aromatic heterocycles. The monoisotopic (exact) mass is 443 g/mol. The first-order valence-electron chi connectivity index (χ1n) is 10.2. The summed E-state index contributed by atoms with van der Waals surface area (Å²) in [6.45, 7) is 6.57. The van der Waals surface area contributed by atoms with E-state index in [1.54, 1.807) is 13.8 Å². The molecule has 1 N–H and O–H groups in total. The van der Waals surface area contributed by atoms with Gasteiger partial charge in [0.15, 0.2) is 5.76 Å². The number of cyclic esters (lactones) is 1. The van der Waals surface area contributed by atoms with E-state index in [2.05, 4.69) is 10.1 Å². The number of hydrogen-bond donors (Lipinski definition) is 1. The number of aryl methyl sites for hydroxylation is 2. The van der Waals surface area contributed by atoms with Gasteiger partial charge >= 0.3 is 5.97 Å². The van der Waals surface area contributed by atoms with Gasteiger partial charge in [-0.1, -0.05) is 5.16 Å². The highest BCUT2D eigenvalue weighted by Gasteiger charge is 2.52. The standard InChI is InChI=1S/C18H27N3O5S.CH2O2/c1-13-16(14(2)26-19-13)27(23,24)21-9-5-18(6-10-21)11-15(25-17(18)22)12-20-7-3-4-8-20;2-1-3/h15H,3-12H2,1-2H3;1H,(H,2,3). The summed E-state index contributed by atoms with van der Waals surface area (Å²) in [4.78, 5) is 23.5. The van der Waals surface area contributed by atoms with Crippen LogP contribution in [0.25, 0.3) is 0 Å². The minimum absolute atomic E-state index is 0.0682. The lowest BCUT2D eigenvalue weighted by atomic mass is 9.76. The van der Waals surface area contributed by atoms with E-state index in [0.717, 1.165) is 19.6 Å². The molecule has 4 rings (SSSR count). The summed E-state index contributed by atoms with van der Waals surface area (Å²) >= 11 is 0. The average Bonchev–Trinajstić information content (AvgIpc) is 3.38. The Morgan fingerprint density at radius 2 is 1.80 bits per heavy atom. The van der Waals surface area contributed by atoms with E-state index in [1.807, 2.05) is 0 Å². The molecule has 0 amide bonds. The van der Waals surface area contributed by atoms with E-state index in [4.69, 9.17) is 19.2 Å². The van der Waals surface area contributed by atoms with Gasteiger partial charge in [-0.05, 0) is 52.6 Å². The first-order valence-corrected chi connectivity index (χ1v) is 11.6. The molecule has 1 atom stereocenters. The Balaban J connectivity index is 0.000000806. The molecule has 0 radical (unpaired) electrons. The molecule has 4 heterocycles. The number of nitrogens with zero attached hydrogens (tertiary/aromatic N) is 3. The summed E-state index contributed by atoms with van der Waals surface area (Å²) in [5, 5.41) is 10.6. The normalized spacial score (nSPS) is 24.5. The van der Waals surface area contributed by atoms with Crippen molar-refractivity contribution in [3.63, 3.8) is 0 Å². The second-order valence-electron chi connectivity index (χ2n) is 8.18. The lowest BCUT2D eigenvalue weighted by Crippen LogP contribution is -2.45. The van der Waals surface area contributed by atoms with Gasteiger partial charge in [0.05, 0.1) is 5.41 Å². The second-order valence-corrected chi connectivity index (χ2v) is 10.1. The number of sulfonamides is 1. The summed E-state index contributed by atoms with van der Waals surface area (Å²) < 4.78 is 38.1. The maximum Gasteiger partial charge on any atom is 0.312 e. The first kappa shape index (κ1) is 22.7. The average molecular weight is 444 g/mol. The smallest absolute Gasteiger partial charge is 0.312 e. The number of carbonyl (C=O) groups excluding carboxylic acids is 1. The fourth-order valence-electron chi connectivity index (χ4n) is 4.73. The number of esters is 1. The Morgan fingerprint density at radius 3 is 2.33 bits per heavy atom. The summed E-state index contributed by atoms with van der Waals surface area (Å²) in [6.07, 6.45) is 4.05. The number of hydrogen-bond acceptors (Lipinski definition) is 8. The minimum Gasteiger partial charge on any atom is -0.483 e. The highest BCUT2D eigenvalue weighted by molar-refractivity contribution is 7.89. The SMILES string of the molecule is Cc1noc(C)c1S(=O)(=O)N1CCC2(CC1)CC(CN1CCCC1)OC2=O.O=CO. The van der Waals surface area contributed by atoms with Crippen LogP contribution < -0.4 is 0 Å². The van der Waals surface area contributed by atoms with Crippen LogP contribution >= 0.6 is 0 Å². The lowest BCUT2D eigenvalue weighted by molar-refractivity contribution is -0.150. The van der Waals surface area contributed by atoms with Crippen molar-refractivity contribution in [3.05, 3.63) is 11.5 Å². The highest BCUT2D eigenvalue weighted by Crippen LogP contribution is 2.44. The number of carboxylic acid groups (broad SMARTS) is 1. The summed E-state index contributed by atoms with van der Waals surface area (Å²) in [5.41, 5.74) is -0.159. The zero-order chi connectivity index (χ0) is 21.9. The molecule has 30 heavy (non-hydrogen) atoms. The number of likely N-dealkylation sites (tertiary alicyclic amines) is 1. The minimum atomic E-state index is -3.66. The number of aromatic nitrogens is 1. The molecule has 1 aromatic rings. The molecule has 3 saturated heterocycles. The summed E-state index contributed by atoms with van der Waals surface area (Å²) in [7, 11) is -3.66. The fourth-order valence-corrected chi connectivity index (χ4v) is 6.46. The maximum atomic E-state index is 13.0. The number of carbonyl (C=O) groups is 2. The van der Waals surface area contributed by atoms with Gasteiger partial charge in [-0.2, -0.15) is 4.31 Å². The van der Waals surface area contributed by atoms with Gasteiger partial charge in [-0.25, -0.2) is 8.42 Å². The van der Waals surface area contributed by atoms with Gasteiger partial charge in [0, 0.05) is 26.1 Å². The van der Waals surface area contributed by atoms with Gasteiger partial charge in [0.1, 0.15) is 16.7 Å². The first-order chi connectivity index (χ1) is 14.2. The van der Waals surface area contributed by atoms with Crippen LogP contribution in [0.5, 0.6) is 0 Å². The van der Waals surface area contributed by atoms with E-state index < -0.39 is 15.4 Å². The summed E-state index contributed by atoms with van der Waals surface area (Å²) in [6, 6.07) is 0. The third kappa shape index (κ3) is 4.37. The van der Waals surface area contributed by atoms with E-state index in [-0.39, 0.29) is 23.4 Å². The molecule has 11 heteroatoms. The van der Waals surface area contributed by atoms with Crippen LogP contribution in [0.3, 0.4) is 0 Å². The van der Waals surface area contributed by atoms with Crippen molar-refractivity contribution < 1.29 is 32.4 Å². The second kappa shape index (κ2) is 9.03. The van der Waals surface area contributed by atoms with Crippen molar-refractivity contribution in [1.29, 1.82) is 0 Å². The molecular weight excluding hydrogens is 414 g/mol. The van der Waals surface area contributed by atoms with Gasteiger partial charge in [-0.15, -0.1) is 0 Å². The fraction of sp³-hybridized carbons (Fsp3) is 0.737. The van der Waals surface area contributed by atoms with E-state index >= 15 is 0 Å². The predicted molar refractivity (Wildman–Crippen MR) is 105 cm³/mol. The van der Waals surface area contributed by atoms with E-state index in [1.165, 1.54) is 17.1 Å². The number of rotatable bonds is 4. The van der Waals surface area contributed by atoms with Crippen molar-refractivity contribution in [2.45, 2.75) is 57.0 Å². The zero-order valence-corrected chi connectivity index (χ0v) is 18.2. The molecule has 3 aliphatic heterocycles. The molecule has 0 aliphatic carbocycles. The summed E-state index contributed by atoms with van der Waals surface area (Å²) in [5.74, 6) is 0.153. The van der Waals surface area contributed by atoms with Crippen LogP contribution in [0.4, 0.5) is 0 Å². The molecule has 3 aliphatic rings. The lowest BCUT2D eigenvalue weighted by Gasteiger charge is -2.35. The van der Waals surface area contributed by atoms with Crippen LogP contribution in [0.2, 0.25) is 0 Å². The Bertz CT molecular complexity index is 849. The van der Waals surface area contributed by atoms with Crippen molar-refractivity contribution in [3.8, 4) is 0 Å². The van der Waals surface area contributed by atoms with Crippen LogP contribution in [0, 0.1) is 19.3 Å². The van der Waals surface area contributed by atoms with Crippen molar-refractivity contribution in [2.75, 3.05) is 32.7 Å². The Hall–Kier alpha value is -1.98. The molecule has 10 nitrogen and oxygen atoms in total. The van der Waals surface area contributed by atoms with Crippen molar-refractivity contribution in [1.82, 2.24) is 14.4 Å². The Morgan fingerprint density at radius 1 is 1.20 bits per heavy atom. The maximum absolute atomic E-state index is 13.0. The highest BCUT2D eigenvalue weighted by atomic mass is 32.2. The quantitative estimate of drug-likeness (QED) is 0.538. The molecule has 0 aromatic carbocycles. The Kier molecular flexibility index (Phi) is 6.83. The molecule has 1 spiro atoms. The molecule has 1 unspecified atom stereocenters. The third-order valence-corrected chi connectivity index (χ3v) is 8.37. The van der Waals surface area contributed by atoms with Crippen molar-refractivity contribution >= 4 is 22.5 Å². The van der Waals surface area contributed by atoms with Gasteiger partial charge in [0.2, 0.25) is 10.0 Å². The van der Waals surface area contributed by atoms with Gasteiger partial charge in [-0.3, -0.25) is 14.5 Å². The number of ether oxygens (including phenoxy) is 1. The largest absolute Gasteiger partial charge is 0.483 e. The van der Waals surface area contributed by atoms with Crippen LogP contribution in [-0.2, 0) is 24.3 Å². The molecule has 0 bridgehead atoms. The molecule has 0 saturated carbocycles. The van der Waals surface area contributed by atoms with Crippen LogP contribution in [-0.4, -0.2) is 79.2 Å². The topological polar surface area (TPSA) is 130 Å². The molecular formula is C19H29N3O7S. The molecule has 168 valence electrons. The van der Waals surface area contributed by atoms with E-state index in [9.17, 15) is 13.2 Å². The predicted octanol–water partition coefficient (Wildman–Crippen LogP) is 1.17. The zero-order valence-electron chi connectivity index (χ0n) is 17.4. The van der Waals surface area contributed by atoms with Crippen LogP contribution in [0.1, 0.15) is 43.6 Å². The van der Waals surface area contributed by atoms with Crippen LogP contribution in [0.15, 0.2) is 9.42 Å². The number of piperidine rings is 1.